The monoisotopic (exact) mass is 179 g/mol. The quantitative estimate of drug-likeness (QED) is 0.698. The van der Waals surface area contributed by atoms with Crippen molar-refractivity contribution in [3.63, 3.8) is 0 Å². The second kappa shape index (κ2) is 3.46. The number of hydrogen-bond acceptors (Lipinski definition) is 1. The summed E-state index contributed by atoms with van der Waals surface area (Å²) in [5.41, 5.74) is 1.20. The van der Waals surface area contributed by atoms with Crippen molar-refractivity contribution in [1.29, 1.82) is 0 Å². The topological polar surface area (TPSA) is 12.0 Å². The summed E-state index contributed by atoms with van der Waals surface area (Å²) < 4.78 is 12.7. The van der Waals surface area contributed by atoms with Crippen molar-refractivity contribution in [2.75, 3.05) is 6.54 Å². The lowest BCUT2D eigenvalue weighted by Gasteiger charge is -2.15. The lowest BCUT2D eigenvalue weighted by molar-refractivity contribution is 0.502. The number of hydrogen-bond donors (Lipinski definition) is 1. The van der Waals surface area contributed by atoms with Crippen LogP contribution in [0.5, 0.6) is 0 Å². The number of rotatable bonds is 1. The fourth-order valence-electron chi connectivity index (χ4n) is 1.95. The molecular formula is C11H14FN. The van der Waals surface area contributed by atoms with Crippen LogP contribution >= 0.6 is 0 Å². The van der Waals surface area contributed by atoms with Gasteiger partial charge in [-0.05, 0) is 36.6 Å². The van der Waals surface area contributed by atoms with E-state index in [1.54, 1.807) is 0 Å². The summed E-state index contributed by atoms with van der Waals surface area (Å²) in [5, 5.41) is 3.42. The molecular weight excluding hydrogens is 165 g/mol. The molecule has 1 aromatic carbocycles. The second-order valence-electron chi connectivity index (χ2n) is 3.75. The van der Waals surface area contributed by atoms with Gasteiger partial charge in [0.15, 0.2) is 0 Å². The smallest absolute Gasteiger partial charge is 0.123 e. The summed E-state index contributed by atoms with van der Waals surface area (Å²) in [7, 11) is 0. The fraction of sp³-hybridized carbons (Fsp3) is 0.455. The molecule has 0 bridgehead atoms. The van der Waals surface area contributed by atoms with Crippen LogP contribution in [0, 0.1) is 11.7 Å². The molecule has 2 heteroatoms. The Kier molecular flexibility index (Phi) is 2.32. The third-order valence-corrected chi connectivity index (χ3v) is 2.76. The predicted octanol–water partition coefficient (Wildman–Crippen LogP) is 2.50. The molecule has 1 fully saturated rings. The first-order valence-electron chi connectivity index (χ1n) is 4.76. The van der Waals surface area contributed by atoms with Crippen molar-refractivity contribution in [2.45, 2.75) is 19.4 Å². The summed E-state index contributed by atoms with van der Waals surface area (Å²) in [5.74, 6) is 0.500. The zero-order chi connectivity index (χ0) is 9.26. The average Bonchev–Trinajstić information content (AvgIpc) is 2.53. The highest BCUT2D eigenvalue weighted by atomic mass is 19.1. The average molecular weight is 179 g/mol. The fourth-order valence-corrected chi connectivity index (χ4v) is 1.95. The molecule has 0 aromatic heterocycles. The maximum atomic E-state index is 12.7. The van der Waals surface area contributed by atoms with Gasteiger partial charge in [-0.25, -0.2) is 4.39 Å². The summed E-state index contributed by atoms with van der Waals surface area (Å²) in [4.78, 5) is 0. The Morgan fingerprint density at radius 3 is 2.54 bits per heavy atom. The molecule has 0 spiro atoms. The molecule has 1 N–H and O–H groups in total. The minimum absolute atomic E-state index is 0.158. The normalized spacial score (nSPS) is 27.8. The molecule has 0 saturated carbocycles. The first-order chi connectivity index (χ1) is 6.27. The van der Waals surface area contributed by atoms with E-state index >= 15 is 0 Å². The van der Waals surface area contributed by atoms with Crippen LogP contribution in [0.15, 0.2) is 24.3 Å². The Bertz CT molecular complexity index is 281. The Morgan fingerprint density at radius 2 is 2.00 bits per heavy atom. The highest BCUT2D eigenvalue weighted by molar-refractivity contribution is 5.21. The van der Waals surface area contributed by atoms with E-state index in [0.717, 1.165) is 6.54 Å². The molecule has 1 saturated heterocycles. The molecule has 2 atom stereocenters. The highest BCUT2D eigenvalue weighted by Gasteiger charge is 2.23. The van der Waals surface area contributed by atoms with Crippen LogP contribution in [-0.2, 0) is 0 Å². The van der Waals surface area contributed by atoms with Crippen molar-refractivity contribution in [3.05, 3.63) is 35.6 Å². The maximum Gasteiger partial charge on any atom is 0.123 e. The Hall–Kier alpha value is -0.890. The van der Waals surface area contributed by atoms with Crippen molar-refractivity contribution < 1.29 is 4.39 Å². The minimum atomic E-state index is -0.158. The Morgan fingerprint density at radius 1 is 1.31 bits per heavy atom. The van der Waals surface area contributed by atoms with E-state index in [2.05, 4.69) is 12.2 Å². The third-order valence-electron chi connectivity index (χ3n) is 2.76. The van der Waals surface area contributed by atoms with Gasteiger partial charge in [-0.1, -0.05) is 19.1 Å². The third kappa shape index (κ3) is 1.73. The zero-order valence-electron chi connectivity index (χ0n) is 7.76. The van der Waals surface area contributed by atoms with E-state index < -0.39 is 0 Å². The summed E-state index contributed by atoms with van der Waals surface area (Å²) >= 11 is 0. The maximum absolute atomic E-state index is 12.7. The summed E-state index contributed by atoms with van der Waals surface area (Å²) in [6.07, 6.45) is 1.21. The van der Waals surface area contributed by atoms with Crippen LogP contribution in [0.4, 0.5) is 4.39 Å². The lowest BCUT2D eigenvalue weighted by Crippen LogP contribution is -2.16. The number of benzene rings is 1. The second-order valence-corrected chi connectivity index (χ2v) is 3.75. The molecule has 70 valence electrons. The largest absolute Gasteiger partial charge is 0.310 e. The zero-order valence-corrected chi connectivity index (χ0v) is 7.76. The molecule has 1 aromatic rings. The van der Waals surface area contributed by atoms with Crippen molar-refractivity contribution >= 4 is 0 Å². The molecule has 0 radical (unpaired) electrons. The van der Waals surface area contributed by atoms with Gasteiger partial charge in [-0.15, -0.1) is 0 Å². The van der Waals surface area contributed by atoms with Crippen LogP contribution in [0.3, 0.4) is 0 Å². The van der Waals surface area contributed by atoms with Gasteiger partial charge in [-0.2, -0.15) is 0 Å². The standard InChI is InChI=1S/C11H14FN/c1-8-6-7-13-11(8)9-2-4-10(12)5-3-9/h2-5,8,11,13H,6-7H2,1H3/t8-,11-/m1/s1. The van der Waals surface area contributed by atoms with Crippen LogP contribution < -0.4 is 5.32 Å². The number of halogens is 1. The number of nitrogens with one attached hydrogen (secondary N) is 1. The molecule has 0 aliphatic carbocycles. The van der Waals surface area contributed by atoms with Crippen LogP contribution in [0.2, 0.25) is 0 Å². The van der Waals surface area contributed by atoms with Crippen molar-refractivity contribution in [1.82, 2.24) is 5.32 Å². The van der Waals surface area contributed by atoms with Gasteiger partial charge < -0.3 is 5.32 Å². The van der Waals surface area contributed by atoms with Gasteiger partial charge in [0.2, 0.25) is 0 Å². The molecule has 2 rings (SSSR count). The van der Waals surface area contributed by atoms with E-state index in [0.29, 0.717) is 12.0 Å². The van der Waals surface area contributed by atoms with Gasteiger partial charge in [-0.3, -0.25) is 0 Å². The first-order valence-corrected chi connectivity index (χ1v) is 4.76. The van der Waals surface area contributed by atoms with Crippen LogP contribution in [0.25, 0.3) is 0 Å². The van der Waals surface area contributed by atoms with E-state index in [1.165, 1.54) is 24.1 Å². The SMILES string of the molecule is C[C@@H]1CCN[C@H]1c1ccc(F)cc1. The van der Waals surface area contributed by atoms with E-state index in [-0.39, 0.29) is 5.82 Å². The molecule has 0 amide bonds. The minimum Gasteiger partial charge on any atom is -0.310 e. The van der Waals surface area contributed by atoms with E-state index in [1.807, 2.05) is 12.1 Å². The Labute approximate surface area is 78.0 Å². The van der Waals surface area contributed by atoms with Gasteiger partial charge in [0.25, 0.3) is 0 Å². The van der Waals surface area contributed by atoms with Gasteiger partial charge in [0.1, 0.15) is 5.82 Å². The summed E-state index contributed by atoms with van der Waals surface area (Å²) in [6.45, 7) is 3.30. The first kappa shape index (κ1) is 8.70. The van der Waals surface area contributed by atoms with Crippen molar-refractivity contribution in [2.24, 2.45) is 5.92 Å². The highest BCUT2D eigenvalue weighted by Crippen LogP contribution is 2.28. The lowest BCUT2D eigenvalue weighted by atomic mass is 9.96. The van der Waals surface area contributed by atoms with Crippen molar-refractivity contribution in [3.8, 4) is 0 Å². The van der Waals surface area contributed by atoms with Gasteiger partial charge >= 0.3 is 0 Å². The molecule has 1 heterocycles. The van der Waals surface area contributed by atoms with Crippen LogP contribution in [-0.4, -0.2) is 6.54 Å². The van der Waals surface area contributed by atoms with E-state index in [9.17, 15) is 4.39 Å². The molecule has 1 nitrogen and oxygen atoms in total. The predicted molar refractivity (Wildman–Crippen MR) is 50.9 cm³/mol. The van der Waals surface area contributed by atoms with Crippen LogP contribution in [0.1, 0.15) is 24.9 Å². The molecule has 1 aliphatic rings. The molecule has 0 unspecified atom stereocenters. The molecule has 13 heavy (non-hydrogen) atoms. The van der Waals surface area contributed by atoms with E-state index in [4.69, 9.17) is 0 Å². The summed E-state index contributed by atoms with van der Waals surface area (Å²) in [6, 6.07) is 7.22. The Balaban J connectivity index is 2.20. The van der Waals surface area contributed by atoms with Gasteiger partial charge in [0, 0.05) is 6.04 Å². The van der Waals surface area contributed by atoms with Gasteiger partial charge in [0.05, 0.1) is 0 Å². The molecule has 1 aliphatic heterocycles.